The van der Waals surface area contributed by atoms with E-state index in [4.69, 9.17) is 4.74 Å². The van der Waals surface area contributed by atoms with Crippen LogP contribution in [-0.4, -0.2) is 39.4 Å². The Balaban J connectivity index is 1.48. The minimum atomic E-state index is -0.571. The van der Waals surface area contributed by atoms with E-state index in [0.29, 0.717) is 25.3 Å². The molecule has 2 aromatic carbocycles. The van der Waals surface area contributed by atoms with Crippen molar-refractivity contribution < 1.29 is 14.3 Å². The molecule has 0 bridgehead atoms. The second kappa shape index (κ2) is 9.36. The number of ether oxygens (including phenoxy) is 1. The fourth-order valence-electron chi connectivity index (χ4n) is 3.81. The Morgan fingerprint density at radius 1 is 1.03 bits per heavy atom. The third-order valence-corrected chi connectivity index (χ3v) is 5.36. The molecule has 33 heavy (non-hydrogen) atoms. The summed E-state index contributed by atoms with van der Waals surface area (Å²) in [6.07, 6.45) is 0.236. The molecule has 172 valence electrons. The van der Waals surface area contributed by atoms with Crippen molar-refractivity contribution in [1.82, 2.24) is 20.4 Å². The smallest absolute Gasteiger partial charge is 0.410 e. The molecule has 3 aromatic rings. The van der Waals surface area contributed by atoms with E-state index in [1.807, 2.05) is 81.4 Å². The second-order valence-corrected chi connectivity index (χ2v) is 9.03. The maximum atomic E-state index is 13.0. The Hall–Kier alpha value is -3.81. The van der Waals surface area contributed by atoms with Crippen LogP contribution in [0.2, 0.25) is 0 Å². The topological polar surface area (TPSA) is 99.3 Å². The largest absolute Gasteiger partial charge is 0.444 e. The van der Waals surface area contributed by atoms with Crippen molar-refractivity contribution in [3.63, 3.8) is 0 Å². The number of amides is 3. The first kappa shape index (κ1) is 22.4. The van der Waals surface area contributed by atoms with Crippen LogP contribution >= 0.6 is 0 Å². The third kappa shape index (κ3) is 5.52. The molecule has 8 nitrogen and oxygen atoms in total. The first-order valence-electron chi connectivity index (χ1n) is 11.0. The molecule has 0 aliphatic carbocycles. The lowest BCUT2D eigenvalue weighted by Gasteiger charge is -2.30. The standard InChI is InChI=1S/C25H29N5O3/c1-25(2,3)33-24(32)30-15-14-20-19(16-30)22(29-28-20)27-23(31)26-21(17-10-6-4-7-11-17)18-12-8-5-9-13-18/h4-13,21H,14-16H2,1-3H3,(H3,26,27,28,29,31). The molecular formula is C25H29N5O3. The number of fused-ring (bicyclic) bond motifs is 1. The van der Waals surface area contributed by atoms with Gasteiger partial charge in [-0.2, -0.15) is 5.10 Å². The van der Waals surface area contributed by atoms with Gasteiger partial charge in [-0.15, -0.1) is 0 Å². The number of urea groups is 1. The van der Waals surface area contributed by atoms with E-state index in [2.05, 4.69) is 20.8 Å². The number of H-pyrrole nitrogens is 1. The summed E-state index contributed by atoms with van der Waals surface area (Å²) in [7, 11) is 0. The van der Waals surface area contributed by atoms with Crippen molar-refractivity contribution in [2.24, 2.45) is 0 Å². The maximum absolute atomic E-state index is 13.0. The van der Waals surface area contributed by atoms with Gasteiger partial charge >= 0.3 is 12.1 Å². The molecular weight excluding hydrogens is 418 g/mol. The predicted molar refractivity (Wildman–Crippen MR) is 126 cm³/mol. The lowest BCUT2D eigenvalue weighted by atomic mass is 9.99. The molecule has 0 saturated carbocycles. The molecule has 8 heteroatoms. The van der Waals surface area contributed by atoms with Gasteiger partial charge in [-0.05, 0) is 31.9 Å². The first-order valence-corrected chi connectivity index (χ1v) is 11.0. The summed E-state index contributed by atoms with van der Waals surface area (Å²) in [6.45, 7) is 6.36. The van der Waals surface area contributed by atoms with Crippen LogP contribution in [0.4, 0.5) is 15.4 Å². The molecule has 0 unspecified atom stereocenters. The van der Waals surface area contributed by atoms with Gasteiger partial charge in [0.15, 0.2) is 5.82 Å². The minimum absolute atomic E-state index is 0.317. The summed E-state index contributed by atoms with van der Waals surface area (Å²) in [5.74, 6) is 0.413. The van der Waals surface area contributed by atoms with Crippen LogP contribution in [0.15, 0.2) is 60.7 Å². The Morgan fingerprint density at radius 3 is 2.21 bits per heavy atom. The molecule has 0 atom stereocenters. The second-order valence-electron chi connectivity index (χ2n) is 9.03. The lowest BCUT2D eigenvalue weighted by molar-refractivity contribution is 0.0224. The van der Waals surface area contributed by atoms with Gasteiger partial charge in [-0.3, -0.25) is 10.4 Å². The molecule has 3 amide bonds. The maximum Gasteiger partial charge on any atom is 0.410 e. The highest BCUT2D eigenvalue weighted by Crippen LogP contribution is 2.26. The number of anilines is 1. The summed E-state index contributed by atoms with van der Waals surface area (Å²) in [4.78, 5) is 27.1. The molecule has 4 rings (SSSR count). The average molecular weight is 448 g/mol. The van der Waals surface area contributed by atoms with E-state index in [-0.39, 0.29) is 18.2 Å². The van der Waals surface area contributed by atoms with E-state index in [1.54, 1.807) is 4.90 Å². The lowest BCUT2D eigenvalue weighted by Crippen LogP contribution is -2.40. The van der Waals surface area contributed by atoms with Crippen molar-refractivity contribution in [1.29, 1.82) is 0 Å². The van der Waals surface area contributed by atoms with Crippen LogP contribution in [0.1, 0.15) is 49.2 Å². The number of aromatic amines is 1. The first-order chi connectivity index (χ1) is 15.8. The molecule has 2 heterocycles. The SMILES string of the molecule is CC(C)(C)OC(=O)N1CCc2[nH]nc(NC(=O)NC(c3ccccc3)c3ccccc3)c2C1. The van der Waals surface area contributed by atoms with Gasteiger partial charge in [0.05, 0.1) is 12.6 Å². The highest BCUT2D eigenvalue weighted by molar-refractivity contribution is 5.89. The summed E-state index contributed by atoms with van der Waals surface area (Å²) in [5, 5.41) is 13.2. The number of nitrogens with one attached hydrogen (secondary N) is 3. The van der Waals surface area contributed by atoms with Crippen LogP contribution < -0.4 is 10.6 Å². The monoisotopic (exact) mass is 447 g/mol. The summed E-state index contributed by atoms with van der Waals surface area (Å²) < 4.78 is 5.50. The number of carbonyl (C=O) groups is 2. The van der Waals surface area contributed by atoms with E-state index >= 15 is 0 Å². The molecule has 0 spiro atoms. The van der Waals surface area contributed by atoms with Crippen molar-refractivity contribution in [2.45, 2.75) is 45.4 Å². The van der Waals surface area contributed by atoms with Crippen LogP contribution in [0.5, 0.6) is 0 Å². The van der Waals surface area contributed by atoms with Crippen molar-refractivity contribution in [3.05, 3.63) is 83.0 Å². The Kier molecular flexibility index (Phi) is 6.35. The molecule has 0 radical (unpaired) electrons. The number of hydrogen-bond donors (Lipinski definition) is 3. The van der Waals surface area contributed by atoms with Crippen LogP contribution in [-0.2, 0) is 17.7 Å². The molecule has 1 aromatic heterocycles. The zero-order valence-corrected chi connectivity index (χ0v) is 19.1. The number of aromatic nitrogens is 2. The van der Waals surface area contributed by atoms with Gasteiger partial charge in [-0.1, -0.05) is 60.7 Å². The minimum Gasteiger partial charge on any atom is -0.444 e. The Labute approximate surface area is 193 Å². The number of rotatable bonds is 4. The number of nitrogens with zero attached hydrogens (tertiary/aromatic N) is 2. The van der Waals surface area contributed by atoms with Gasteiger partial charge < -0.3 is 15.0 Å². The normalized spacial score (nSPS) is 13.4. The zero-order chi connectivity index (χ0) is 23.4. The quantitative estimate of drug-likeness (QED) is 0.544. The third-order valence-electron chi connectivity index (χ3n) is 5.36. The molecule has 3 N–H and O–H groups in total. The van der Waals surface area contributed by atoms with Crippen LogP contribution in [0.3, 0.4) is 0 Å². The highest BCUT2D eigenvalue weighted by atomic mass is 16.6. The van der Waals surface area contributed by atoms with Crippen molar-refractivity contribution in [2.75, 3.05) is 11.9 Å². The molecule has 1 aliphatic heterocycles. The van der Waals surface area contributed by atoms with Gasteiger partial charge in [0.1, 0.15) is 5.60 Å². The summed E-state index contributed by atoms with van der Waals surface area (Å²) in [5.41, 5.74) is 3.07. The number of hydrogen-bond acceptors (Lipinski definition) is 4. The number of carbonyl (C=O) groups excluding carboxylic acids is 2. The molecule has 0 saturated heterocycles. The number of benzene rings is 2. The van der Waals surface area contributed by atoms with E-state index in [1.165, 1.54) is 0 Å². The Bertz CT molecular complexity index is 1070. The Morgan fingerprint density at radius 2 is 1.64 bits per heavy atom. The van der Waals surface area contributed by atoms with Crippen LogP contribution in [0, 0.1) is 0 Å². The molecule has 0 fully saturated rings. The average Bonchev–Trinajstić information content (AvgIpc) is 3.19. The summed E-state index contributed by atoms with van der Waals surface area (Å²) in [6, 6.07) is 18.9. The summed E-state index contributed by atoms with van der Waals surface area (Å²) >= 11 is 0. The highest BCUT2D eigenvalue weighted by Gasteiger charge is 2.29. The van der Waals surface area contributed by atoms with Crippen LogP contribution in [0.25, 0.3) is 0 Å². The van der Waals surface area contributed by atoms with Gasteiger partial charge in [0.25, 0.3) is 0 Å². The van der Waals surface area contributed by atoms with Gasteiger partial charge in [-0.25, -0.2) is 9.59 Å². The zero-order valence-electron chi connectivity index (χ0n) is 19.1. The van der Waals surface area contributed by atoms with Gasteiger partial charge in [0, 0.05) is 24.2 Å². The van der Waals surface area contributed by atoms with E-state index < -0.39 is 5.60 Å². The van der Waals surface area contributed by atoms with E-state index in [9.17, 15) is 9.59 Å². The molecule has 1 aliphatic rings. The fraction of sp³-hybridized carbons (Fsp3) is 0.320. The van der Waals surface area contributed by atoms with Gasteiger partial charge in [0.2, 0.25) is 0 Å². The predicted octanol–water partition coefficient (Wildman–Crippen LogP) is 4.61. The van der Waals surface area contributed by atoms with Crippen molar-refractivity contribution >= 4 is 17.9 Å². The van der Waals surface area contributed by atoms with Crippen molar-refractivity contribution in [3.8, 4) is 0 Å². The van der Waals surface area contributed by atoms with E-state index in [0.717, 1.165) is 22.4 Å². The fourth-order valence-corrected chi connectivity index (χ4v) is 3.81.